The van der Waals surface area contributed by atoms with Gasteiger partial charge in [-0.1, -0.05) is 12.1 Å². The molecule has 5 heteroatoms. The highest BCUT2D eigenvalue weighted by molar-refractivity contribution is 5.96. The third-order valence-electron chi connectivity index (χ3n) is 3.28. The summed E-state index contributed by atoms with van der Waals surface area (Å²) in [6.07, 6.45) is 1.39. The lowest BCUT2D eigenvalue weighted by Gasteiger charge is -2.12. The van der Waals surface area contributed by atoms with Crippen LogP contribution in [0.1, 0.15) is 10.4 Å². The Balaban J connectivity index is 2.41. The van der Waals surface area contributed by atoms with E-state index in [2.05, 4.69) is 0 Å². The van der Waals surface area contributed by atoms with Crippen molar-refractivity contribution >= 4 is 16.8 Å². The number of para-hydroxylation sites is 1. The van der Waals surface area contributed by atoms with Crippen molar-refractivity contribution in [2.75, 3.05) is 0 Å². The lowest BCUT2D eigenvalue weighted by molar-refractivity contribution is 0.0999. The molecule has 104 valence electrons. The van der Waals surface area contributed by atoms with Gasteiger partial charge in [-0.25, -0.2) is 4.39 Å². The van der Waals surface area contributed by atoms with Crippen LogP contribution in [-0.2, 0) is 0 Å². The van der Waals surface area contributed by atoms with Crippen molar-refractivity contribution in [1.82, 2.24) is 4.57 Å². The molecule has 21 heavy (non-hydrogen) atoms. The maximum Gasteiger partial charge on any atom is 0.254 e. The van der Waals surface area contributed by atoms with E-state index in [0.29, 0.717) is 16.6 Å². The molecule has 0 saturated carbocycles. The summed E-state index contributed by atoms with van der Waals surface area (Å²) in [6.45, 7) is 0. The van der Waals surface area contributed by atoms with Crippen LogP contribution in [0.15, 0.2) is 59.5 Å². The lowest BCUT2D eigenvalue weighted by atomic mass is 10.1. The van der Waals surface area contributed by atoms with Crippen LogP contribution in [0.2, 0.25) is 0 Å². The molecule has 0 bridgehead atoms. The molecular weight excluding hydrogens is 271 g/mol. The molecule has 4 nitrogen and oxygen atoms in total. The second-order valence-electron chi connectivity index (χ2n) is 4.60. The zero-order valence-corrected chi connectivity index (χ0v) is 10.9. The van der Waals surface area contributed by atoms with Crippen LogP contribution in [0.4, 0.5) is 4.39 Å². The van der Waals surface area contributed by atoms with Gasteiger partial charge in [0.2, 0.25) is 5.43 Å². The van der Waals surface area contributed by atoms with E-state index in [0.717, 1.165) is 0 Å². The van der Waals surface area contributed by atoms with Crippen LogP contribution in [0, 0.1) is 5.82 Å². The first kappa shape index (κ1) is 13.1. The molecule has 1 heterocycles. The number of aromatic nitrogens is 1. The Hall–Kier alpha value is -2.95. The monoisotopic (exact) mass is 282 g/mol. The lowest BCUT2D eigenvalue weighted by Crippen LogP contribution is -2.23. The molecule has 0 aliphatic heterocycles. The molecule has 0 spiro atoms. The van der Waals surface area contributed by atoms with E-state index in [1.165, 1.54) is 18.3 Å². The van der Waals surface area contributed by atoms with E-state index in [1.807, 2.05) is 0 Å². The fourth-order valence-electron chi connectivity index (χ4n) is 2.27. The first-order valence-electron chi connectivity index (χ1n) is 6.28. The number of pyridine rings is 1. The Morgan fingerprint density at radius 2 is 1.71 bits per heavy atom. The van der Waals surface area contributed by atoms with Gasteiger partial charge in [-0.2, -0.15) is 0 Å². The number of halogens is 1. The zero-order valence-electron chi connectivity index (χ0n) is 10.9. The molecule has 1 amide bonds. The summed E-state index contributed by atoms with van der Waals surface area (Å²) in [6, 6.07) is 12.6. The minimum Gasteiger partial charge on any atom is -0.365 e. The minimum atomic E-state index is -0.790. The molecule has 0 aliphatic rings. The molecule has 3 aromatic rings. The molecule has 2 aromatic carbocycles. The number of benzene rings is 2. The van der Waals surface area contributed by atoms with E-state index in [-0.39, 0.29) is 11.4 Å². The van der Waals surface area contributed by atoms with Crippen molar-refractivity contribution in [2.45, 2.75) is 0 Å². The number of nitrogens with zero attached hydrogens (tertiary/aromatic N) is 1. The molecule has 0 fully saturated rings. The van der Waals surface area contributed by atoms with Crippen molar-refractivity contribution in [3.8, 4) is 5.69 Å². The van der Waals surface area contributed by atoms with Gasteiger partial charge in [-0.05, 0) is 36.4 Å². The molecule has 3 rings (SSSR count). The molecule has 0 aliphatic carbocycles. The van der Waals surface area contributed by atoms with Crippen LogP contribution < -0.4 is 11.2 Å². The predicted molar refractivity (Wildman–Crippen MR) is 78.0 cm³/mol. The molecule has 1 aromatic heterocycles. The first-order chi connectivity index (χ1) is 10.1. The summed E-state index contributed by atoms with van der Waals surface area (Å²) < 4.78 is 14.7. The second kappa shape index (κ2) is 4.86. The number of rotatable bonds is 2. The number of primary amides is 1. The minimum absolute atomic E-state index is 0.0991. The van der Waals surface area contributed by atoms with Gasteiger partial charge in [-0.15, -0.1) is 0 Å². The topological polar surface area (TPSA) is 65.1 Å². The van der Waals surface area contributed by atoms with Gasteiger partial charge in [-0.3, -0.25) is 9.59 Å². The molecule has 2 N–H and O–H groups in total. The van der Waals surface area contributed by atoms with E-state index in [9.17, 15) is 14.0 Å². The average molecular weight is 282 g/mol. The van der Waals surface area contributed by atoms with E-state index in [4.69, 9.17) is 5.73 Å². The van der Waals surface area contributed by atoms with Gasteiger partial charge in [0, 0.05) is 17.3 Å². The normalized spacial score (nSPS) is 10.7. The molecule has 0 saturated heterocycles. The van der Waals surface area contributed by atoms with Crippen LogP contribution in [0.25, 0.3) is 16.6 Å². The summed E-state index contributed by atoms with van der Waals surface area (Å²) in [5.74, 6) is -1.15. The first-order valence-corrected chi connectivity index (χ1v) is 6.28. The number of carbonyl (C=O) groups is 1. The quantitative estimate of drug-likeness (QED) is 0.783. The summed E-state index contributed by atoms with van der Waals surface area (Å²) in [4.78, 5) is 23.7. The van der Waals surface area contributed by atoms with E-state index in [1.54, 1.807) is 41.0 Å². The van der Waals surface area contributed by atoms with Gasteiger partial charge in [0.25, 0.3) is 5.91 Å². The fraction of sp³-hybridized carbons (Fsp3) is 0. The smallest absolute Gasteiger partial charge is 0.254 e. The van der Waals surface area contributed by atoms with E-state index < -0.39 is 11.3 Å². The number of carbonyl (C=O) groups excluding carboxylic acids is 1. The Labute approximate surface area is 119 Å². The molecular formula is C16H11FN2O2. The van der Waals surface area contributed by atoms with E-state index >= 15 is 0 Å². The van der Waals surface area contributed by atoms with Crippen molar-refractivity contribution < 1.29 is 9.18 Å². The van der Waals surface area contributed by atoms with Gasteiger partial charge in [0.15, 0.2) is 0 Å². The Morgan fingerprint density at radius 1 is 1.05 bits per heavy atom. The standard InChI is InChI=1S/C16H11FN2O2/c17-10-5-7-11(8-6-10)19-9-13(16(18)21)15(20)12-3-1-2-4-14(12)19/h1-9H,(H2,18,21). The van der Waals surface area contributed by atoms with Crippen LogP contribution in [0.5, 0.6) is 0 Å². The number of amides is 1. The van der Waals surface area contributed by atoms with Gasteiger partial charge in [0.1, 0.15) is 11.4 Å². The Kier molecular flexibility index (Phi) is 3.02. The highest BCUT2D eigenvalue weighted by atomic mass is 19.1. The molecule has 0 atom stereocenters. The van der Waals surface area contributed by atoms with Gasteiger partial charge >= 0.3 is 0 Å². The summed E-state index contributed by atoms with van der Waals surface area (Å²) in [5, 5.41) is 0.387. The maximum absolute atomic E-state index is 13.1. The maximum atomic E-state index is 13.1. The highest BCUT2D eigenvalue weighted by Crippen LogP contribution is 2.17. The zero-order chi connectivity index (χ0) is 15.0. The van der Waals surface area contributed by atoms with Crippen LogP contribution in [-0.4, -0.2) is 10.5 Å². The van der Waals surface area contributed by atoms with Gasteiger partial charge < -0.3 is 10.3 Å². The second-order valence-corrected chi connectivity index (χ2v) is 4.60. The third kappa shape index (κ3) is 2.18. The Morgan fingerprint density at radius 3 is 2.38 bits per heavy atom. The number of fused-ring (bicyclic) bond motifs is 1. The molecule has 0 radical (unpaired) electrons. The van der Waals surface area contributed by atoms with Crippen molar-refractivity contribution in [2.24, 2.45) is 5.73 Å². The average Bonchev–Trinajstić information content (AvgIpc) is 2.49. The number of hydrogen-bond donors (Lipinski definition) is 1. The third-order valence-corrected chi connectivity index (χ3v) is 3.28. The summed E-state index contributed by atoms with van der Waals surface area (Å²) in [7, 11) is 0. The highest BCUT2D eigenvalue weighted by Gasteiger charge is 2.13. The van der Waals surface area contributed by atoms with Crippen molar-refractivity contribution in [1.29, 1.82) is 0 Å². The van der Waals surface area contributed by atoms with Crippen LogP contribution in [0.3, 0.4) is 0 Å². The van der Waals surface area contributed by atoms with Gasteiger partial charge in [0.05, 0.1) is 5.52 Å². The van der Waals surface area contributed by atoms with Crippen molar-refractivity contribution in [3.63, 3.8) is 0 Å². The van der Waals surface area contributed by atoms with Crippen molar-refractivity contribution in [3.05, 3.63) is 76.3 Å². The largest absolute Gasteiger partial charge is 0.365 e. The SMILES string of the molecule is NC(=O)c1cn(-c2ccc(F)cc2)c2ccccc2c1=O. The number of nitrogens with two attached hydrogens (primary N) is 1. The summed E-state index contributed by atoms with van der Waals surface area (Å²) in [5.41, 5.74) is 6.02. The summed E-state index contributed by atoms with van der Waals surface area (Å²) >= 11 is 0. The fourth-order valence-corrected chi connectivity index (χ4v) is 2.27. The number of hydrogen-bond acceptors (Lipinski definition) is 2. The molecule has 0 unspecified atom stereocenters. The Bertz CT molecular complexity index is 898. The van der Waals surface area contributed by atoms with Crippen LogP contribution >= 0.6 is 0 Å². The predicted octanol–water partition coefficient (Wildman–Crippen LogP) is 2.23.